The summed E-state index contributed by atoms with van der Waals surface area (Å²) in [7, 11) is 0. The first-order chi connectivity index (χ1) is 53.8. The van der Waals surface area contributed by atoms with Crippen molar-refractivity contribution in [3.8, 4) is 0 Å². The molecule has 3 rings (SSSR count). The molecule has 3 heterocycles. The topological polar surface area (TPSA) is 307 Å². The van der Waals surface area contributed by atoms with Crippen LogP contribution < -0.4 is 5.32 Å². The van der Waals surface area contributed by atoms with E-state index in [9.17, 15) is 61.0 Å². The van der Waals surface area contributed by atoms with Crippen LogP contribution >= 0.6 is 0 Å². The van der Waals surface area contributed by atoms with E-state index in [2.05, 4.69) is 153 Å². The third kappa shape index (κ3) is 47.5. The molecule has 17 atom stereocenters. The average Bonchev–Trinajstić information content (AvgIpc) is 0.795. The summed E-state index contributed by atoms with van der Waals surface area (Å²) in [6.45, 7) is 1.60. The number of carbonyl (C=O) groups excluding carboxylic acids is 1. The van der Waals surface area contributed by atoms with Gasteiger partial charge < -0.3 is 89.9 Å². The molecule has 0 radical (unpaired) electrons. The molecule has 3 aliphatic heterocycles. The van der Waals surface area contributed by atoms with Crippen molar-refractivity contribution in [2.75, 3.05) is 26.4 Å². The molecule has 19 nitrogen and oxygen atoms in total. The molecule has 0 aromatic rings. The van der Waals surface area contributed by atoms with E-state index in [4.69, 9.17) is 28.4 Å². The highest BCUT2D eigenvalue weighted by Gasteiger charge is 2.54. The summed E-state index contributed by atoms with van der Waals surface area (Å²) in [5.41, 5.74) is 0. The van der Waals surface area contributed by atoms with E-state index in [1.54, 1.807) is 6.08 Å². The maximum atomic E-state index is 13.5. The number of rotatable bonds is 67. The predicted octanol–water partition coefficient (Wildman–Crippen LogP) is 15.8. The third-order valence-electron chi connectivity index (χ3n) is 20.4. The van der Waals surface area contributed by atoms with Crippen LogP contribution in [0.1, 0.15) is 290 Å². The Morgan fingerprint density at radius 3 is 1.02 bits per heavy atom. The first-order valence-corrected chi connectivity index (χ1v) is 43.1. The quantitative estimate of drug-likeness (QED) is 0.0199. The molecule has 3 aliphatic rings. The molecular formula is C91H153NO18. The zero-order valence-electron chi connectivity index (χ0n) is 67.7. The average molecular weight is 1550 g/mol. The van der Waals surface area contributed by atoms with E-state index in [-0.39, 0.29) is 18.9 Å². The lowest BCUT2D eigenvalue weighted by atomic mass is 9.96. The lowest BCUT2D eigenvalue weighted by Gasteiger charge is -2.48. The van der Waals surface area contributed by atoms with Gasteiger partial charge >= 0.3 is 0 Å². The number of aliphatic hydroxyl groups excluding tert-OH is 11. The van der Waals surface area contributed by atoms with Crippen LogP contribution in [0.4, 0.5) is 0 Å². The molecule has 0 aromatic heterocycles. The second-order valence-electron chi connectivity index (χ2n) is 29.9. The maximum absolute atomic E-state index is 13.5. The lowest BCUT2D eigenvalue weighted by molar-refractivity contribution is -0.379. The van der Waals surface area contributed by atoms with Gasteiger partial charge in [-0.15, -0.1) is 0 Å². The predicted molar refractivity (Wildman–Crippen MR) is 442 cm³/mol. The fourth-order valence-electron chi connectivity index (χ4n) is 13.5. The van der Waals surface area contributed by atoms with Crippen molar-refractivity contribution in [3.05, 3.63) is 146 Å². The van der Waals surface area contributed by atoms with Crippen LogP contribution in [-0.4, -0.2) is 193 Å². The Hall–Kier alpha value is -4.33. The van der Waals surface area contributed by atoms with E-state index in [1.807, 2.05) is 6.08 Å². The fraction of sp³-hybridized carbons (Fsp3) is 0.725. The SMILES string of the molecule is CC/C=C\C/C=C\C/C=C\C/C=C\C/C=C\C/C=C\C/C=C\C/C=C\C/C=C\C/C=C\CCCCCCC(=O)NC(COC1OC(CO)C(OC2OC(CO)C(OC3OC(CO)C(O)C(O)C3O)C(O)C2O)C(O)C1O)C(O)/C=C/CC/C=C/CCCCCCCCCCCCCCCCCCCCCCCCCC. The number of allylic oxidation sites excluding steroid dienone is 23. The minimum Gasteiger partial charge on any atom is -0.394 e. The number of hydrogen-bond acceptors (Lipinski definition) is 18. The van der Waals surface area contributed by atoms with Gasteiger partial charge in [0.2, 0.25) is 5.91 Å². The summed E-state index contributed by atoms with van der Waals surface area (Å²) >= 11 is 0. The van der Waals surface area contributed by atoms with E-state index in [0.29, 0.717) is 12.8 Å². The largest absolute Gasteiger partial charge is 0.394 e. The molecule has 1 amide bonds. The highest BCUT2D eigenvalue weighted by molar-refractivity contribution is 5.76. The van der Waals surface area contributed by atoms with Crippen LogP contribution in [-0.2, 0) is 33.2 Å². The highest BCUT2D eigenvalue weighted by Crippen LogP contribution is 2.33. The van der Waals surface area contributed by atoms with E-state index in [0.717, 1.165) is 109 Å². The van der Waals surface area contributed by atoms with Crippen LogP contribution in [0.2, 0.25) is 0 Å². The lowest BCUT2D eigenvalue weighted by Crippen LogP contribution is -2.66. The molecule has 0 saturated carbocycles. The third-order valence-corrected chi connectivity index (χ3v) is 20.4. The van der Waals surface area contributed by atoms with Crippen molar-refractivity contribution in [1.29, 1.82) is 0 Å². The van der Waals surface area contributed by atoms with Crippen LogP contribution in [0.25, 0.3) is 0 Å². The standard InChI is InChI=1S/C91H153NO18/c1-3-5-7-9-11-13-15-17-19-21-23-25-27-29-31-33-35-36-37-38-39-41-43-45-47-49-51-53-55-57-59-61-63-65-67-69-79(97)92-74(75(96)68-66-64-62-60-58-56-54-52-50-48-46-44-42-40-34-32-30-28-26-24-22-20-18-16-14-12-10-8-6-4-2)73-105-89-85(103)82(100)87(77(71-94)107-89)110-91-86(104)83(101)88(78(72-95)108-91)109-90-84(102)81(99)80(98)76(70-93)106-90/h5,7,11,13,17,19,23,25,29,31,35-36,38-39,43,45,49,51,55,57-58,60,66,68,74-78,80-91,93-96,98-104H,3-4,6,8-10,12,14-16,18,20-22,24,26-28,30,32-34,37,40-42,44,46-48,50,52-54,56,59,61-65,67,69-73H2,1-2H3,(H,92,97)/b7-5-,13-11-,19-17-,25-23-,31-29-,36-35-,39-38-,45-43-,51-49-,57-55-,60-58+,68-66+. The highest BCUT2D eigenvalue weighted by atomic mass is 16.8. The van der Waals surface area contributed by atoms with Gasteiger partial charge in [0.15, 0.2) is 18.9 Å². The summed E-state index contributed by atoms with van der Waals surface area (Å²) < 4.78 is 34.4. The van der Waals surface area contributed by atoms with Gasteiger partial charge in [0, 0.05) is 6.42 Å². The van der Waals surface area contributed by atoms with Crippen LogP contribution in [0.15, 0.2) is 146 Å². The Bertz CT molecular complexity index is 2560. The molecule has 110 heavy (non-hydrogen) atoms. The van der Waals surface area contributed by atoms with Gasteiger partial charge in [-0.2, -0.15) is 0 Å². The molecule has 0 aliphatic carbocycles. The summed E-state index contributed by atoms with van der Waals surface area (Å²) in [4.78, 5) is 13.5. The first-order valence-electron chi connectivity index (χ1n) is 43.1. The molecule has 3 saturated heterocycles. The number of ether oxygens (including phenoxy) is 6. The van der Waals surface area contributed by atoms with Gasteiger partial charge in [0.25, 0.3) is 0 Å². The van der Waals surface area contributed by atoms with Crippen molar-refractivity contribution in [3.63, 3.8) is 0 Å². The Kier molecular flexibility index (Phi) is 62.7. The van der Waals surface area contributed by atoms with Crippen molar-refractivity contribution in [1.82, 2.24) is 5.32 Å². The first kappa shape index (κ1) is 99.9. The zero-order valence-corrected chi connectivity index (χ0v) is 67.7. The number of hydrogen-bond donors (Lipinski definition) is 12. The Labute approximate surface area is 663 Å². The molecule has 17 unspecified atom stereocenters. The summed E-state index contributed by atoms with van der Waals surface area (Å²) in [5, 5.41) is 121. The fourth-order valence-corrected chi connectivity index (χ4v) is 13.5. The molecule has 630 valence electrons. The van der Waals surface area contributed by atoms with Crippen molar-refractivity contribution in [2.24, 2.45) is 0 Å². The Morgan fingerprint density at radius 1 is 0.336 bits per heavy atom. The monoisotopic (exact) mass is 1550 g/mol. The van der Waals surface area contributed by atoms with Gasteiger partial charge in [-0.1, -0.05) is 320 Å². The van der Waals surface area contributed by atoms with E-state index in [1.165, 1.54) is 148 Å². The number of aliphatic hydroxyl groups is 11. The molecule has 0 spiro atoms. The van der Waals surface area contributed by atoms with Crippen molar-refractivity contribution in [2.45, 2.75) is 394 Å². The molecule has 19 heteroatoms. The minimum atomic E-state index is -1.99. The van der Waals surface area contributed by atoms with Gasteiger partial charge in [0.05, 0.1) is 38.6 Å². The molecule has 0 aromatic carbocycles. The zero-order chi connectivity index (χ0) is 79.5. The van der Waals surface area contributed by atoms with Gasteiger partial charge in [-0.25, -0.2) is 0 Å². The summed E-state index contributed by atoms with van der Waals surface area (Å²) in [6, 6.07) is -1.02. The summed E-state index contributed by atoms with van der Waals surface area (Å²) in [5.74, 6) is -0.313. The normalized spacial score (nSPS) is 25.9. The maximum Gasteiger partial charge on any atom is 0.220 e. The number of unbranched alkanes of at least 4 members (excludes halogenated alkanes) is 29. The van der Waals surface area contributed by atoms with E-state index >= 15 is 0 Å². The van der Waals surface area contributed by atoms with Crippen LogP contribution in [0.3, 0.4) is 0 Å². The molecule has 3 fully saturated rings. The van der Waals surface area contributed by atoms with Crippen molar-refractivity contribution >= 4 is 5.91 Å². The minimum absolute atomic E-state index is 0.196. The van der Waals surface area contributed by atoms with Gasteiger partial charge in [-0.05, 0) is 109 Å². The smallest absolute Gasteiger partial charge is 0.220 e. The van der Waals surface area contributed by atoms with Gasteiger partial charge in [0.1, 0.15) is 73.2 Å². The van der Waals surface area contributed by atoms with Crippen LogP contribution in [0.5, 0.6) is 0 Å². The Balaban J connectivity index is 1.39. The molecule has 12 N–H and O–H groups in total. The second kappa shape index (κ2) is 69.0. The van der Waals surface area contributed by atoms with E-state index < -0.39 is 124 Å². The van der Waals surface area contributed by atoms with Crippen molar-refractivity contribution < 1.29 is 89.4 Å². The van der Waals surface area contributed by atoms with Gasteiger partial charge in [-0.3, -0.25) is 4.79 Å². The number of nitrogens with one attached hydrogen (secondary N) is 1. The number of carbonyl (C=O) groups is 1. The Morgan fingerprint density at radius 2 is 0.636 bits per heavy atom. The number of amides is 1. The second-order valence-corrected chi connectivity index (χ2v) is 29.9. The summed E-state index contributed by atoms with van der Waals surface area (Å²) in [6.07, 6.45) is 74.1. The molecule has 0 bridgehead atoms. The molecular weight excluding hydrogens is 1390 g/mol. The van der Waals surface area contributed by atoms with Crippen LogP contribution in [0, 0.1) is 0 Å².